The van der Waals surface area contributed by atoms with Crippen LogP contribution in [0.1, 0.15) is 18.4 Å². The second-order valence-electron chi connectivity index (χ2n) is 5.94. The lowest BCUT2D eigenvalue weighted by atomic mass is 10.1. The zero-order valence-corrected chi connectivity index (χ0v) is 14.0. The van der Waals surface area contributed by atoms with Gasteiger partial charge in [-0.1, -0.05) is 23.7 Å². The van der Waals surface area contributed by atoms with Crippen LogP contribution in [0, 0.1) is 0 Å². The molecule has 124 valence electrons. The number of halogens is 1. The summed E-state index contributed by atoms with van der Waals surface area (Å²) in [5.41, 5.74) is 1.25. The first-order chi connectivity index (χ1) is 10.6. The predicted molar refractivity (Wildman–Crippen MR) is 88.5 cm³/mol. The molecule has 0 amide bonds. The smallest absolute Gasteiger partial charge is 0.0900 e. The normalized spacial score (nSPS) is 17.8. The van der Waals surface area contributed by atoms with Crippen molar-refractivity contribution in [3.8, 4) is 0 Å². The largest absolute Gasteiger partial charge is 0.389 e. The third-order valence-electron chi connectivity index (χ3n) is 3.91. The van der Waals surface area contributed by atoms with E-state index in [4.69, 9.17) is 21.1 Å². The average molecular weight is 328 g/mol. The first kappa shape index (κ1) is 17.7. The van der Waals surface area contributed by atoms with Crippen molar-refractivity contribution in [3.63, 3.8) is 0 Å². The number of nitrogens with zero attached hydrogens (tertiary/aromatic N) is 1. The van der Waals surface area contributed by atoms with Crippen molar-refractivity contribution in [3.05, 3.63) is 34.9 Å². The number of likely N-dealkylation sites (N-methyl/N-ethyl adjacent to an activating group) is 1. The maximum atomic E-state index is 10.1. The van der Waals surface area contributed by atoms with E-state index in [2.05, 4.69) is 4.90 Å². The molecular weight excluding hydrogens is 302 g/mol. The van der Waals surface area contributed by atoms with Gasteiger partial charge in [0.2, 0.25) is 0 Å². The van der Waals surface area contributed by atoms with Crippen LogP contribution in [0.2, 0.25) is 5.02 Å². The number of aliphatic hydroxyl groups excluding tert-OH is 1. The SMILES string of the molecule is CN(CCc1ccc(Cl)cc1)CC(O)COC1CCOCC1. The van der Waals surface area contributed by atoms with Crippen molar-refractivity contribution >= 4 is 11.6 Å². The predicted octanol–water partition coefficient (Wildman–Crippen LogP) is 2.37. The number of aliphatic hydroxyl groups is 1. The summed E-state index contributed by atoms with van der Waals surface area (Å²) in [6.45, 7) is 3.45. The Labute approximate surface area is 138 Å². The molecule has 1 fully saturated rings. The second-order valence-corrected chi connectivity index (χ2v) is 6.37. The van der Waals surface area contributed by atoms with Crippen LogP contribution in [0.25, 0.3) is 0 Å². The van der Waals surface area contributed by atoms with Gasteiger partial charge in [0.15, 0.2) is 0 Å². The van der Waals surface area contributed by atoms with E-state index in [0.717, 1.165) is 44.0 Å². The second kappa shape index (κ2) is 9.48. The zero-order valence-electron chi connectivity index (χ0n) is 13.2. The van der Waals surface area contributed by atoms with Crippen molar-refractivity contribution in [2.45, 2.75) is 31.5 Å². The maximum absolute atomic E-state index is 10.1. The van der Waals surface area contributed by atoms with E-state index in [1.165, 1.54) is 5.56 Å². The minimum Gasteiger partial charge on any atom is -0.389 e. The molecule has 0 spiro atoms. The first-order valence-corrected chi connectivity index (χ1v) is 8.31. The number of rotatable bonds is 8. The molecule has 1 heterocycles. The van der Waals surface area contributed by atoms with E-state index in [9.17, 15) is 5.11 Å². The molecule has 0 bridgehead atoms. The highest BCUT2D eigenvalue weighted by molar-refractivity contribution is 6.30. The Morgan fingerprint density at radius 3 is 2.68 bits per heavy atom. The van der Waals surface area contributed by atoms with Gasteiger partial charge >= 0.3 is 0 Å². The van der Waals surface area contributed by atoms with E-state index in [-0.39, 0.29) is 6.10 Å². The number of ether oxygens (including phenoxy) is 2. The van der Waals surface area contributed by atoms with Gasteiger partial charge in [0.05, 0.1) is 18.8 Å². The molecule has 1 unspecified atom stereocenters. The van der Waals surface area contributed by atoms with Crippen LogP contribution in [0.3, 0.4) is 0 Å². The van der Waals surface area contributed by atoms with Crippen LogP contribution in [-0.4, -0.2) is 62.2 Å². The molecule has 0 saturated carbocycles. The fraction of sp³-hybridized carbons (Fsp3) is 0.647. The van der Waals surface area contributed by atoms with Crippen molar-refractivity contribution in [2.75, 3.05) is 40.0 Å². The molecule has 1 aromatic rings. The van der Waals surface area contributed by atoms with Gasteiger partial charge in [-0.15, -0.1) is 0 Å². The summed E-state index contributed by atoms with van der Waals surface area (Å²) in [5.74, 6) is 0. The zero-order chi connectivity index (χ0) is 15.8. The van der Waals surface area contributed by atoms with Gasteiger partial charge in [-0.2, -0.15) is 0 Å². The van der Waals surface area contributed by atoms with Crippen LogP contribution in [0.4, 0.5) is 0 Å². The fourth-order valence-electron chi connectivity index (χ4n) is 2.56. The lowest BCUT2D eigenvalue weighted by molar-refractivity contribution is -0.0630. The molecule has 5 heteroatoms. The Morgan fingerprint density at radius 2 is 2.00 bits per heavy atom. The van der Waals surface area contributed by atoms with Gasteiger partial charge in [-0.3, -0.25) is 0 Å². The van der Waals surface area contributed by atoms with Gasteiger partial charge in [-0.25, -0.2) is 0 Å². The lowest BCUT2D eigenvalue weighted by Crippen LogP contribution is -2.35. The van der Waals surface area contributed by atoms with Gasteiger partial charge < -0.3 is 19.5 Å². The maximum Gasteiger partial charge on any atom is 0.0900 e. The Balaban J connectivity index is 1.60. The van der Waals surface area contributed by atoms with Crippen molar-refractivity contribution in [2.24, 2.45) is 0 Å². The van der Waals surface area contributed by atoms with Crippen LogP contribution < -0.4 is 0 Å². The average Bonchev–Trinajstić information content (AvgIpc) is 2.53. The third kappa shape index (κ3) is 6.63. The summed E-state index contributed by atoms with van der Waals surface area (Å²) in [7, 11) is 2.02. The molecule has 1 aromatic carbocycles. The molecule has 2 rings (SSSR count). The van der Waals surface area contributed by atoms with E-state index in [0.29, 0.717) is 13.2 Å². The highest BCUT2D eigenvalue weighted by Gasteiger charge is 2.16. The number of hydrogen-bond acceptors (Lipinski definition) is 4. The van der Waals surface area contributed by atoms with Crippen LogP contribution in [0.5, 0.6) is 0 Å². The van der Waals surface area contributed by atoms with E-state index in [1.54, 1.807) is 0 Å². The van der Waals surface area contributed by atoms with Gasteiger partial charge in [0.25, 0.3) is 0 Å². The van der Waals surface area contributed by atoms with Gasteiger partial charge in [0.1, 0.15) is 0 Å². The standard InChI is InChI=1S/C17H26ClNO3/c1-19(9-6-14-2-4-15(18)5-3-14)12-16(20)13-22-17-7-10-21-11-8-17/h2-5,16-17,20H,6-13H2,1H3. The quantitative estimate of drug-likeness (QED) is 0.796. The molecule has 1 atom stereocenters. The Morgan fingerprint density at radius 1 is 1.32 bits per heavy atom. The highest BCUT2D eigenvalue weighted by atomic mass is 35.5. The molecule has 4 nitrogen and oxygen atoms in total. The van der Waals surface area contributed by atoms with E-state index < -0.39 is 6.10 Å². The molecule has 0 radical (unpaired) electrons. The molecule has 22 heavy (non-hydrogen) atoms. The number of benzene rings is 1. The molecule has 0 aliphatic carbocycles. The minimum atomic E-state index is -0.446. The molecule has 1 aliphatic rings. The van der Waals surface area contributed by atoms with Crippen LogP contribution in [0.15, 0.2) is 24.3 Å². The molecule has 0 aromatic heterocycles. The van der Waals surface area contributed by atoms with E-state index >= 15 is 0 Å². The molecule has 1 N–H and O–H groups in total. The monoisotopic (exact) mass is 327 g/mol. The summed E-state index contributed by atoms with van der Waals surface area (Å²) in [4.78, 5) is 2.13. The van der Waals surface area contributed by atoms with Gasteiger partial charge in [0, 0.05) is 31.3 Å². The van der Waals surface area contributed by atoms with Gasteiger partial charge in [-0.05, 0) is 44.0 Å². The Hall–Kier alpha value is -0.650. The summed E-state index contributed by atoms with van der Waals surface area (Å²) >= 11 is 5.88. The van der Waals surface area contributed by atoms with Crippen molar-refractivity contribution < 1.29 is 14.6 Å². The summed E-state index contributed by atoms with van der Waals surface area (Å²) < 4.78 is 11.0. The fourth-order valence-corrected chi connectivity index (χ4v) is 2.69. The lowest BCUT2D eigenvalue weighted by Gasteiger charge is -2.25. The minimum absolute atomic E-state index is 0.239. The van der Waals surface area contributed by atoms with Crippen LogP contribution in [-0.2, 0) is 15.9 Å². The summed E-state index contributed by atoms with van der Waals surface area (Å²) in [6, 6.07) is 7.91. The summed E-state index contributed by atoms with van der Waals surface area (Å²) in [6.07, 6.45) is 2.60. The highest BCUT2D eigenvalue weighted by Crippen LogP contribution is 2.12. The molecule has 1 aliphatic heterocycles. The molecular formula is C17H26ClNO3. The van der Waals surface area contributed by atoms with Crippen molar-refractivity contribution in [1.82, 2.24) is 4.90 Å². The summed E-state index contributed by atoms with van der Waals surface area (Å²) in [5, 5.41) is 10.8. The first-order valence-electron chi connectivity index (χ1n) is 7.94. The van der Waals surface area contributed by atoms with Crippen molar-refractivity contribution in [1.29, 1.82) is 0 Å². The van der Waals surface area contributed by atoms with Crippen LogP contribution >= 0.6 is 11.6 Å². The third-order valence-corrected chi connectivity index (χ3v) is 4.16. The Bertz CT molecular complexity index is 420. The van der Waals surface area contributed by atoms with E-state index in [1.807, 2.05) is 31.3 Å². The topological polar surface area (TPSA) is 41.9 Å². The number of hydrogen-bond donors (Lipinski definition) is 1. The Kier molecular flexibility index (Phi) is 7.63. The molecule has 1 saturated heterocycles.